The number of ether oxygens (including phenoxy) is 1. The van der Waals surface area contributed by atoms with E-state index in [1.807, 2.05) is 11.8 Å². The summed E-state index contributed by atoms with van der Waals surface area (Å²) in [6.45, 7) is 3.04. The average Bonchev–Trinajstić information content (AvgIpc) is 3.30. The Morgan fingerprint density at radius 1 is 1.18 bits per heavy atom. The van der Waals surface area contributed by atoms with Crippen LogP contribution in [0.3, 0.4) is 0 Å². The number of nitrogens with zero attached hydrogens (tertiary/aromatic N) is 2. The van der Waals surface area contributed by atoms with Gasteiger partial charge in [-0.3, -0.25) is 9.59 Å². The van der Waals surface area contributed by atoms with Gasteiger partial charge in [-0.2, -0.15) is 0 Å². The van der Waals surface area contributed by atoms with Gasteiger partial charge >= 0.3 is 0 Å². The zero-order valence-corrected chi connectivity index (χ0v) is 19.6. The number of hydrogen-bond donors (Lipinski definition) is 0. The monoisotopic (exact) mass is 466 g/mol. The number of carbonyl (C=O) groups is 2. The van der Waals surface area contributed by atoms with Crippen LogP contribution in [0.5, 0.6) is 0 Å². The zero-order chi connectivity index (χ0) is 23.4. The Morgan fingerprint density at radius 3 is 2.70 bits per heavy atom. The van der Waals surface area contributed by atoms with Crippen molar-refractivity contribution in [3.63, 3.8) is 0 Å². The fourth-order valence-corrected chi connectivity index (χ4v) is 5.11. The van der Waals surface area contributed by atoms with E-state index in [9.17, 15) is 14.0 Å². The van der Waals surface area contributed by atoms with Crippen molar-refractivity contribution < 1.29 is 18.7 Å². The first-order valence-electron chi connectivity index (χ1n) is 10.9. The van der Waals surface area contributed by atoms with Crippen LogP contribution in [0.25, 0.3) is 0 Å². The van der Waals surface area contributed by atoms with Crippen LogP contribution in [-0.4, -0.2) is 55.0 Å². The zero-order valence-electron chi connectivity index (χ0n) is 18.8. The lowest BCUT2D eigenvalue weighted by molar-refractivity contribution is -0.134. The molecule has 172 valence electrons. The molecule has 0 bridgehead atoms. The quantitative estimate of drug-likeness (QED) is 0.517. The van der Waals surface area contributed by atoms with Crippen molar-refractivity contribution >= 4 is 23.2 Å². The van der Waals surface area contributed by atoms with Crippen molar-refractivity contribution in [1.29, 1.82) is 0 Å². The van der Waals surface area contributed by atoms with Crippen LogP contribution < -0.4 is 0 Å². The third-order valence-corrected chi connectivity index (χ3v) is 6.93. The van der Waals surface area contributed by atoms with Gasteiger partial charge < -0.3 is 14.5 Å². The fraction of sp³-hybridized carbons (Fsp3) is 0.308. The average molecular weight is 467 g/mol. The van der Waals surface area contributed by atoms with Crippen LogP contribution in [0, 0.1) is 12.7 Å². The number of amides is 2. The number of carbonyl (C=O) groups excluding carboxylic acids is 2. The molecule has 1 atom stereocenters. The van der Waals surface area contributed by atoms with E-state index in [2.05, 4.69) is 35.7 Å². The van der Waals surface area contributed by atoms with Gasteiger partial charge in [0.2, 0.25) is 5.91 Å². The first-order valence-corrected chi connectivity index (χ1v) is 11.8. The van der Waals surface area contributed by atoms with Gasteiger partial charge in [0, 0.05) is 30.6 Å². The van der Waals surface area contributed by atoms with Crippen molar-refractivity contribution in [2.24, 2.45) is 0 Å². The summed E-state index contributed by atoms with van der Waals surface area (Å²) in [6.07, 6.45) is 0.789. The van der Waals surface area contributed by atoms with Crippen molar-refractivity contribution in [3.8, 4) is 0 Å². The van der Waals surface area contributed by atoms with E-state index in [4.69, 9.17) is 4.74 Å². The molecule has 0 radical (unpaired) electrons. The predicted octanol–water partition coefficient (Wildman–Crippen LogP) is 4.46. The Labute approximate surface area is 197 Å². The summed E-state index contributed by atoms with van der Waals surface area (Å²) in [5, 5.41) is 2.07. The van der Waals surface area contributed by atoms with Crippen molar-refractivity contribution in [3.05, 3.63) is 92.9 Å². The van der Waals surface area contributed by atoms with Gasteiger partial charge in [-0.15, -0.1) is 11.3 Å². The highest BCUT2D eigenvalue weighted by atomic mass is 32.1. The summed E-state index contributed by atoms with van der Waals surface area (Å²) in [7, 11) is 1.54. The molecule has 1 aliphatic rings. The highest BCUT2D eigenvalue weighted by Gasteiger charge is 2.34. The lowest BCUT2D eigenvalue weighted by Gasteiger charge is -2.37. The molecular weight excluding hydrogens is 439 g/mol. The Kier molecular flexibility index (Phi) is 7.20. The van der Waals surface area contributed by atoms with E-state index in [0.717, 1.165) is 23.1 Å². The van der Waals surface area contributed by atoms with Crippen LogP contribution in [0.15, 0.2) is 60.0 Å². The molecule has 2 aromatic carbocycles. The van der Waals surface area contributed by atoms with E-state index in [1.54, 1.807) is 24.5 Å². The van der Waals surface area contributed by atoms with Crippen molar-refractivity contribution in [2.75, 3.05) is 33.4 Å². The van der Waals surface area contributed by atoms with Crippen LogP contribution in [0.4, 0.5) is 4.39 Å². The van der Waals surface area contributed by atoms with Crippen LogP contribution >= 0.6 is 11.3 Å². The van der Waals surface area contributed by atoms with Gasteiger partial charge in [0.25, 0.3) is 5.91 Å². The van der Waals surface area contributed by atoms with Gasteiger partial charge in [0.1, 0.15) is 12.4 Å². The Morgan fingerprint density at radius 2 is 1.97 bits per heavy atom. The molecule has 1 aromatic heterocycles. The molecule has 2 amide bonds. The molecule has 0 N–H and O–H groups in total. The summed E-state index contributed by atoms with van der Waals surface area (Å²) in [6, 6.07) is 15.7. The third-order valence-electron chi connectivity index (χ3n) is 5.93. The minimum Gasteiger partial charge on any atom is -0.383 e. The molecule has 2 heterocycles. The molecule has 7 heteroatoms. The smallest absolute Gasteiger partial charge is 0.254 e. The van der Waals surface area contributed by atoms with Gasteiger partial charge in [-0.05, 0) is 54.1 Å². The van der Waals surface area contributed by atoms with E-state index in [1.165, 1.54) is 28.0 Å². The van der Waals surface area contributed by atoms with Gasteiger partial charge in [0.05, 0.1) is 12.6 Å². The maximum Gasteiger partial charge on any atom is 0.254 e. The standard InChI is InChI=1S/C26H27FN2O3S/c1-18-6-8-19(9-7-18)25-22-11-15-33-23(22)10-12-29(25)24(30)17-28(13-14-32-2)26(31)20-4-3-5-21(27)16-20/h3-9,11,15-16,25H,10,12-14,17H2,1-2H3. The lowest BCUT2D eigenvalue weighted by Crippen LogP contribution is -2.47. The number of methoxy groups -OCH3 is 1. The minimum absolute atomic E-state index is 0.0967. The molecule has 5 nitrogen and oxygen atoms in total. The van der Waals surface area contributed by atoms with Crippen LogP contribution in [0.1, 0.15) is 38.0 Å². The molecular formula is C26H27FN2O3S. The maximum atomic E-state index is 13.7. The van der Waals surface area contributed by atoms with E-state index < -0.39 is 5.82 Å². The number of hydrogen-bond acceptors (Lipinski definition) is 4. The Hall–Kier alpha value is -3.03. The van der Waals surface area contributed by atoms with E-state index in [0.29, 0.717) is 6.54 Å². The maximum absolute atomic E-state index is 13.7. The normalized spacial score (nSPS) is 15.2. The highest BCUT2D eigenvalue weighted by Crippen LogP contribution is 2.38. The lowest BCUT2D eigenvalue weighted by atomic mass is 9.92. The first kappa shape index (κ1) is 23.1. The van der Waals surface area contributed by atoms with Crippen LogP contribution in [-0.2, 0) is 16.0 Å². The molecule has 4 rings (SSSR count). The second kappa shape index (κ2) is 10.3. The van der Waals surface area contributed by atoms with Gasteiger partial charge in [-0.25, -0.2) is 4.39 Å². The molecule has 0 aliphatic carbocycles. The number of thiophene rings is 1. The van der Waals surface area contributed by atoms with Gasteiger partial charge in [0.15, 0.2) is 0 Å². The summed E-state index contributed by atoms with van der Waals surface area (Å²) < 4.78 is 18.9. The number of rotatable bonds is 7. The summed E-state index contributed by atoms with van der Waals surface area (Å²) in [4.78, 5) is 31.3. The summed E-state index contributed by atoms with van der Waals surface area (Å²) in [5.74, 6) is -1.02. The van der Waals surface area contributed by atoms with Gasteiger partial charge in [-0.1, -0.05) is 35.9 Å². The molecule has 1 aliphatic heterocycles. The summed E-state index contributed by atoms with van der Waals surface area (Å²) >= 11 is 1.71. The summed E-state index contributed by atoms with van der Waals surface area (Å²) in [5.41, 5.74) is 3.56. The topological polar surface area (TPSA) is 49.9 Å². The highest BCUT2D eigenvalue weighted by molar-refractivity contribution is 7.10. The Balaban J connectivity index is 1.61. The number of fused-ring (bicyclic) bond motifs is 1. The molecule has 0 saturated carbocycles. The van der Waals surface area contributed by atoms with Crippen molar-refractivity contribution in [2.45, 2.75) is 19.4 Å². The number of halogens is 1. The Bertz CT molecular complexity index is 1130. The largest absolute Gasteiger partial charge is 0.383 e. The molecule has 3 aromatic rings. The number of benzene rings is 2. The second-order valence-corrected chi connectivity index (χ2v) is 9.18. The first-order chi connectivity index (χ1) is 16.0. The SMILES string of the molecule is COCCN(CC(=O)N1CCc2sccc2C1c1ccc(C)cc1)C(=O)c1cccc(F)c1. The van der Waals surface area contributed by atoms with E-state index in [-0.39, 0.29) is 43.1 Å². The van der Waals surface area contributed by atoms with E-state index >= 15 is 0 Å². The molecule has 33 heavy (non-hydrogen) atoms. The molecule has 0 spiro atoms. The fourth-order valence-electron chi connectivity index (χ4n) is 4.21. The third kappa shape index (κ3) is 5.15. The second-order valence-electron chi connectivity index (χ2n) is 8.18. The predicted molar refractivity (Wildman–Crippen MR) is 127 cm³/mol. The van der Waals surface area contributed by atoms with Crippen LogP contribution in [0.2, 0.25) is 0 Å². The molecule has 0 saturated heterocycles. The minimum atomic E-state index is -0.487. The number of aryl methyl sites for hydroxylation is 1. The molecule has 0 fully saturated rings. The van der Waals surface area contributed by atoms with Crippen molar-refractivity contribution in [1.82, 2.24) is 9.80 Å². The molecule has 1 unspecified atom stereocenters.